The standard InChI is InChI=1S/C21H28N2O2/c1-21(10-11-23(21)19(24)12-15-6-2-3-7-15)20(25)22-18-13-16-8-4-5-9-17(16)14-18/h4-5,8-9,15,18H,2-3,6-7,10-14H2,1H3,(H,22,25). The smallest absolute Gasteiger partial charge is 0.245 e. The molecule has 1 unspecified atom stereocenters. The molecule has 1 saturated carbocycles. The van der Waals surface area contributed by atoms with Crippen molar-refractivity contribution in [2.45, 2.75) is 69.9 Å². The van der Waals surface area contributed by atoms with E-state index in [0.717, 1.165) is 25.8 Å². The van der Waals surface area contributed by atoms with Gasteiger partial charge in [-0.05, 0) is 56.1 Å². The number of rotatable bonds is 4. The fourth-order valence-electron chi connectivity index (χ4n) is 4.77. The largest absolute Gasteiger partial charge is 0.351 e. The average molecular weight is 340 g/mol. The lowest BCUT2D eigenvalue weighted by molar-refractivity contribution is -0.158. The van der Waals surface area contributed by atoms with Gasteiger partial charge >= 0.3 is 0 Å². The number of benzene rings is 1. The van der Waals surface area contributed by atoms with Crippen LogP contribution >= 0.6 is 0 Å². The summed E-state index contributed by atoms with van der Waals surface area (Å²) in [5.74, 6) is 0.728. The van der Waals surface area contributed by atoms with E-state index in [4.69, 9.17) is 0 Å². The molecule has 1 aromatic carbocycles. The number of hydrogen-bond acceptors (Lipinski definition) is 2. The van der Waals surface area contributed by atoms with Crippen molar-refractivity contribution in [3.8, 4) is 0 Å². The van der Waals surface area contributed by atoms with Gasteiger partial charge in [-0.1, -0.05) is 37.1 Å². The second kappa shape index (κ2) is 6.47. The molecular formula is C21H28N2O2. The lowest BCUT2D eigenvalue weighted by Gasteiger charge is -2.49. The molecule has 4 nitrogen and oxygen atoms in total. The molecule has 0 bridgehead atoms. The van der Waals surface area contributed by atoms with Crippen molar-refractivity contribution in [1.29, 1.82) is 0 Å². The Hall–Kier alpha value is -1.84. The fraction of sp³-hybridized carbons (Fsp3) is 0.619. The zero-order chi connectivity index (χ0) is 17.4. The predicted molar refractivity (Wildman–Crippen MR) is 97.1 cm³/mol. The zero-order valence-electron chi connectivity index (χ0n) is 15.1. The minimum Gasteiger partial charge on any atom is -0.351 e. The van der Waals surface area contributed by atoms with Gasteiger partial charge in [-0.15, -0.1) is 0 Å². The first kappa shape index (κ1) is 16.6. The van der Waals surface area contributed by atoms with Crippen LogP contribution in [-0.4, -0.2) is 34.8 Å². The van der Waals surface area contributed by atoms with Gasteiger partial charge in [0.05, 0.1) is 0 Å². The highest BCUT2D eigenvalue weighted by atomic mass is 16.2. The molecule has 134 valence electrons. The molecule has 4 heteroatoms. The van der Waals surface area contributed by atoms with Gasteiger partial charge < -0.3 is 10.2 Å². The Bertz CT molecular complexity index is 655. The lowest BCUT2D eigenvalue weighted by atomic mass is 9.84. The van der Waals surface area contributed by atoms with Gasteiger partial charge in [-0.25, -0.2) is 0 Å². The van der Waals surface area contributed by atoms with Crippen molar-refractivity contribution < 1.29 is 9.59 Å². The first-order chi connectivity index (χ1) is 12.1. The maximum atomic E-state index is 12.9. The number of nitrogens with zero attached hydrogens (tertiary/aromatic N) is 1. The van der Waals surface area contributed by atoms with Gasteiger partial charge in [0.1, 0.15) is 5.54 Å². The number of carbonyl (C=O) groups excluding carboxylic acids is 2. The van der Waals surface area contributed by atoms with Crippen LogP contribution in [0.5, 0.6) is 0 Å². The van der Waals surface area contributed by atoms with Crippen molar-refractivity contribution in [2.24, 2.45) is 5.92 Å². The highest BCUT2D eigenvalue weighted by Crippen LogP contribution is 2.35. The average Bonchev–Trinajstić information content (AvgIpc) is 3.21. The first-order valence-electron chi connectivity index (χ1n) is 9.74. The minimum atomic E-state index is -0.648. The van der Waals surface area contributed by atoms with Crippen LogP contribution < -0.4 is 5.32 Å². The molecule has 3 aliphatic rings. The quantitative estimate of drug-likeness (QED) is 0.916. The minimum absolute atomic E-state index is 0.0244. The van der Waals surface area contributed by atoms with Gasteiger partial charge in [0.25, 0.3) is 0 Å². The van der Waals surface area contributed by atoms with Crippen LogP contribution in [0.15, 0.2) is 24.3 Å². The Balaban J connectivity index is 1.35. The highest BCUT2D eigenvalue weighted by molar-refractivity contribution is 5.93. The third-order valence-electron chi connectivity index (χ3n) is 6.53. The van der Waals surface area contributed by atoms with Crippen molar-refractivity contribution in [3.63, 3.8) is 0 Å². The Morgan fingerprint density at radius 2 is 1.80 bits per heavy atom. The Morgan fingerprint density at radius 1 is 1.16 bits per heavy atom. The van der Waals surface area contributed by atoms with Gasteiger partial charge in [-0.2, -0.15) is 0 Å². The molecule has 2 fully saturated rings. The van der Waals surface area contributed by atoms with Crippen LogP contribution in [0, 0.1) is 5.92 Å². The van der Waals surface area contributed by atoms with E-state index in [0.29, 0.717) is 12.3 Å². The molecule has 1 saturated heterocycles. The number of hydrogen-bond donors (Lipinski definition) is 1. The van der Waals surface area contributed by atoms with Gasteiger partial charge in [-0.3, -0.25) is 9.59 Å². The van der Waals surface area contributed by atoms with Crippen LogP contribution in [0.4, 0.5) is 0 Å². The molecule has 1 aromatic rings. The third-order valence-corrected chi connectivity index (χ3v) is 6.53. The van der Waals surface area contributed by atoms with E-state index < -0.39 is 5.54 Å². The number of fused-ring (bicyclic) bond motifs is 1. The molecule has 0 radical (unpaired) electrons. The van der Waals surface area contributed by atoms with Gasteiger partial charge in [0, 0.05) is 19.0 Å². The molecule has 1 atom stereocenters. The summed E-state index contributed by atoms with van der Waals surface area (Å²) in [6, 6.07) is 8.56. The lowest BCUT2D eigenvalue weighted by Crippen LogP contribution is -2.68. The fourth-order valence-corrected chi connectivity index (χ4v) is 4.77. The number of carbonyl (C=O) groups is 2. The maximum Gasteiger partial charge on any atom is 0.245 e. The molecule has 0 aromatic heterocycles. The number of amides is 2. The molecule has 2 aliphatic carbocycles. The van der Waals surface area contributed by atoms with Crippen LogP contribution in [0.2, 0.25) is 0 Å². The SMILES string of the molecule is CC1(C(=O)NC2Cc3ccccc3C2)CCN1C(=O)CC1CCCC1. The van der Waals surface area contributed by atoms with E-state index in [1.165, 1.54) is 36.8 Å². The van der Waals surface area contributed by atoms with E-state index in [1.54, 1.807) is 0 Å². The summed E-state index contributed by atoms with van der Waals surface area (Å²) in [5, 5.41) is 3.21. The summed E-state index contributed by atoms with van der Waals surface area (Å²) in [5.41, 5.74) is 2.02. The van der Waals surface area contributed by atoms with Gasteiger partial charge in [0.2, 0.25) is 11.8 Å². The monoisotopic (exact) mass is 340 g/mol. The molecule has 4 rings (SSSR count). The highest BCUT2D eigenvalue weighted by Gasteiger charge is 2.50. The van der Waals surface area contributed by atoms with Gasteiger partial charge in [0.15, 0.2) is 0 Å². The van der Waals surface area contributed by atoms with E-state index in [1.807, 2.05) is 11.8 Å². The second-order valence-electron chi connectivity index (χ2n) is 8.27. The Morgan fingerprint density at radius 3 is 2.36 bits per heavy atom. The molecular weight excluding hydrogens is 312 g/mol. The van der Waals surface area contributed by atoms with Crippen molar-refractivity contribution in [1.82, 2.24) is 10.2 Å². The molecule has 1 N–H and O–H groups in total. The summed E-state index contributed by atoms with van der Waals surface area (Å²) >= 11 is 0. The normalized spacial score (nSPS) is 26.4. The summed E-state index contributed by atoms with van der Waals surface area (Å²) in [4.78, 5) is 27.4. The number of likely N-dealkylation sites (tertiary alicyclic amines) is 1. The molecule has 1 aliphatic heterocycles. The van der Waals surface area contributed by atoms with Crippen LogP contribution in [0.3, 0.4) is 0 Å². The van der Waals surface area contributed by atoms with Crippen LogP contribution in [-0.2, 0) is 22.4 Å². The maximum absolute atomic E-state index is 12.9. The van der Waals surface area contributed by atoms with Crippen molar-refractivity contribution >= 4 is 11.8 Å². The third kappa shape index (κ3) is 3.07. The van der Waals surface area contributed by atoms with Crippen LogP contribution in [0.25, 0.3) is 0 Å². The Kier molecular flexibility index (Phi) is 4.30. The molecule has 1 heterocycles. The summed E-state index contributed by atoms with van der Waals surface area (Å²) in [6.07, 6.45) is 8.02. The predicted octanol–water partition coefficient (Wildman–Crippen LogP) is 2.84. The molecule has 0 spiro atoms. The summed E-state index contributed by atoms with van der Waals surface area (Å²) in [7, 11) is 0. The Labute approximate surface area is 150 Å². The van der Waals surface area contributed by atoms with E-state index in [-0.39, 0.29) is 17.9 Å². The topological polar surface area (TPSA) is 49.4 Å². The van der Waals surface area contributed by atoms with E-state index in [9.17, 15) is 9.59 Å². The molecule has 25 heavy (non-hydrogen) atoms. The zero-order valence-corrected chi connectivity index (χ0v) is 15.1. The van der Waals surface area contributed by atoms with Crippen molar-refractivity contribution in [3.05, 3.63) is 35.4 Å². The summed E-state index contributed by atoms with van der Waals surface area (Å²) < 4.78 is 0. The van der Waals surface area contributed by atoms with Crippen molar-refractivity contribution in [2.75, 3.05) is 6.54 Å². The van der Waals surface area contributed by atoms with E-state index in [2.05, 4.69) is 29.6 Å². The van der Waals surface area contributed by atoms with E-state index >= 15 is 0 Å². The second-order valence-corrected chi connectivity index (χ2v) is 8.27. The first-order valence-corrected chi connectivity index (χ1v) is 9.74. The molecule has 2 amide bonds. The summed E-state index contributed by atoms with van der Waals surface area (Å²) in [6.45, 7) is 2.65. The van der Waals surface area contributed by atoms with Crippen LogP contribution in [0.1, 0.15) is 56.6 Å². The number of nitrogens with one attached hydrogen (secondary N) is 1.